The number of hydrogen-bond donors (Lipinski definition) is 2. The minimum atomic E-state index is -0.432. The van der Waals surface area contributed by atoms with Crippen molar-refractivity contribution in [2.75, 3.05) is 6.61 Å². The van der Waals surface area contributed by atoms with Gasteiger partial charge in [0.05, 0.1) is 0 Å². The zero-order valence-electron chi connectivity index (χ0n) is 16.6. The van der Waals surface area contributed by atoms with E-state index in [2.05, 4.69) is 10.9 Å². The maximum absolute atomic E-state index is 12.3. The van der Waals surface area contributed by atoms with Crippen LogP contribution in [0.4, 0.5) is 0 Å². The molecule has 0 aliphatic carbocycles. The highest BCUT2D eigenvalue weighted by atomic mass is 16.5. The van der Waals surface area contributed by atoms with E-state index in [1.807, 2.05) is 80.6 Å². The van der Waals surface area contributed by atoms with Crippen LogP contribution in [-0.2, 0) is 11.2 Å². The van der Waals surface area contributed by atoms with E-state index in [-0.39, 0.29) is 12.5 Å². The summed E-state index contributed by atoms with van der Waals surface area (Å²) < 4.78 is 5.69. The van der Waals surface area contributed by atoms with Crippen molar-refractivity contribution in [3.63, 3.8) is 0 Å². The first-order valence-corrected chi connectivity index (χ1v) is 9.44. The van der Waals surface area contributed by atoms with Gasteiger partial charge in [0.15, 0.2) is 6.61 Å². The highest BCUT2D eigenvalue weighted by Gasteiger charge is 2.12. The van der Waals surface area contributed by atoms with Crippen LogP contribution >= 0.6 is 0 Å². The van der Waals surface area contributed by atoms with Gasteiger partial charge in [0.25, 0.3) is 11.8 Å². The fraction of sp³-hybridized carbons (Fsp3) is 0.167. The number of amides is 2. The Labute approximate surface area is 170 Å². The molecule has 0 radical (unpaired) electrons. The van der Waals surface area contributed by atoms with Gasteiger partial charge < -0.3 is 4.74 Å². The summed E-state index contributed by atoms with van der Waals surface area (Å²) in [6.07, 6.45) is 0.710. The van der Waals surface area contributed by atoms with E-state index in [4.69, 9.17) is 4.74 Å². The second-order valence-corrected chi connectivity index (χ2v) is 6.81. The van der Waals surface area contributed by atoms with E-state index in [1.54, 1.807) is 6.07 Å². The number of para-hydroxylation sites is 1. The lowest BCUT2D eigenvalue weighted by molar-refractivity contribution is -0.123. The first kappa shape index (κ1) is 20.1. The number of hydrazine groups is 1. The standard InChI is InChI=1S/C24H24N2O3/c1-17-9-8-13-21(18(17)2)24(28)26-25-23(27)16-29-22-14-7-6-12-20(22)15-19-10-4-3-5-11-19/h3-14H,15-16H2,1-2H3,(H,25,27)(H,26,28). The fourth-order valence-electron chi connectivity index (χ4n) is 2.98. The van der Waals surface area contributed by atoms with E-state index in [0.29, 0.717) is 17.7 Å². The smallest absolute Gasteiger partial charge is 0.276 e. The molecule has 0 bridgehead atoms. The molecule has 3 aromatic rings. The molecule has 0 saturated heterocycles. The molecule has 0 aliphatic rings. The number of carbonyl (C=O) groups excluding carboxylic acids is 2. The average Bonchev–Trinajstić information content (AvgIpc) is 2.74. The largest absolute Gasteiger partial charge is 0.483 e. The van der Waals surface area contributed by atoms with E-state index in [0.717, 1.165) is 22.3 Å². The first-order valence-electron chi connectivity index (χ1n) is 9.44. The molecular formula is C24H24N2O3. The van der Waals surface area contributed by atoms with Crippen LogP contribution in [0.25, 0.3) is 0 Å². The van der Waals surface area contributed by atoms with Gasteiger partial charge in [-0.3, -0.25) is 20.4 Å². The van der Waals surface area contributed by atoms with Gasteiger partial charge in [-0.05, 0) is 48.2 Å². The molecule has 5 heteroatoms. The normalized spacial score (nSPS) is 10.3. The number of carbonyl (C=O) groups is 2. The van der Waals surface area contributed by atoms with Gasteiger partial charge in [-0.2, -0.15) is 0 Å². The Kier molecular flexibility index (Phi) is 6.63. The zero-order valence-corrected chi connectivity index (χ0v) is 16.6. The Morgan fingerprint density at radius 1 is 0.828 bits per heavy atom. The Balaban J connectivity index is 1.55. The van der Waals surface area contributed by atoms with Crippen LogP contribution in [0.1, 0.15) is 32.6 Å². The topological polar surface area (TPSA) is 67.4 Å². The summed E-state index contributed by atoms with van der Waals surface area (Å²) in [5, 5.41) is 0. The summed E-state index contributed by atoms with van der Waals surface area (Å²) in [7, 11) is 0. The third-order valence-corrected chi connectivity index (χ3v) is 4.73. The predicted molar refractivity (Wildman–Crippen MR) is 113 cm³/mol. The molecule has 3 rings (SSSR count). The van der Waals surface area contributed by atoms with Crippen LogP contribution in [0.2, 0.25) is 0 Å². The van der Waals surface area contributed by atoms with Crippen molar-refractivity contribution in [3.8, 4) is 5.75 Å². The molecular weight excluding hydrogens is 364 g/mol. The Bertz CT molecular complexity index is 1000. The van der Waals surface area contributed by atoms with Crippen molar-refractivity contribution in [1.29, 1.82) is 0 Å². The van der Waals surface area contributed by atoms with Crippen LogP contribution < -0.4 is 15.6 Å². The number of rotatable bonds is 6. The van der Waals surface area contributed by atoms with Gasteiger partial charge in [0, 0.05) is 12.0 Å². The Hall–Kier alpha value is -3.60. The van der Waals surface area contributed by atoms with Crippen LogP contribution in [0.5, 0.6) is 5.75 Å². The lowest BCUT2D eigenvalue weighted by Gasteiger charge is -2.13. The van der Waals surface area contributed by atoms with Crippen molar-refractivity contribution < 1.29 is 14.3 Å². The van der Waals surface area contributed by atoms with E-state index in [1.165, 1.54) is 0 Å². The number of nitrogens with one attached hydrogen (secondary N) is 2. The molecule has 0 heterocycles. The van der Waals surface area contributed by atoms with Gasteiger partial charge in [-0.1, -0.05) is 60.7 Å². The molecule has 0 spiro atoms. The first-order chi connectivity index (χ1) is 14.0. The lowest BCUT2D eigenvalue weighted by Crippen LogP contribution is -2.44. The summed E-state index contributed by atoms with van der Waals surface area (Å²) >= 11 is 0. The molecule has 3 aromatic carbocycles. The number of benzene rings is 3. The molecule has 0 aromatic heterocycles. The van der Waals surface area contributed by atoms with E-state index in [9.17, 15) is 9.59 Å². The summed E-state index contributed by atoms with van der Waals surface area (Å²) in [6, 6.07) is 23.1. The molecule has 0 aliphatic heterocycles. The lowest BCUT2D eigenvalue weighted by atomic mass is 10.0. The van der Waals surface area contributed by atoms with Crippen molar-refractivity contribution in [2.45, 2.75) is 20.3 Å². The monoisotopic (exact) mass is 388 g/mol. The molecule has 5 nitrogen and oxygen atoms in total. The molecule has 2 N–H and O–H groups in total. The highest BCUT2D eigenvalue weighted by Crippen LogP contribution is 2.21. The highest BCUT2D eigenvalue weighted by molar-refractivity contribution is 5.97. The fourth-order valence-corrected chi connectivity index (χ4v) is 2.98. The summed E-state index contributed by atoms with van der Waals surface area (Å²) in [4.78, 5) is 24.4. The second kappa shape index (κ2) is 9.55. The SMILES string of the molecule is Cc1cccc(C(=O)NNC(=O)COc2ccccc2Cc2ccccc2)c1C. The third-order valence-electron chi connectivity index (χ3n) is 4.73. The van der Waals surface area contributed by atoms with Crippen molar-refractivity contribution in [1.82, 2.24) is 10.9 Å². The van der Waals surface area contributed by atoms with Crippen LogP contribution in [0.3, 0.4) is 0 Å². The molecule has 0 saturated carbocycles. The molecule has 148 valence electrons. The maximum atomic E-state index is 12.3. The molecule has 0 atom stereocenters. The zero-order chi connectivity index (χ0) is 20.6. The minimum absolute atomic E-state index is 0.196. The number of ether oxygens (including phenoxy) is 1. The molecule has 0 fully saturated rings. The predicted octanol–water partition coefficient (Wildman–Crippen LogP) is 3.73. The minimum Gasteiger partial charge on any atom is -0.483 e. The van der Waals surface area contributed by atoms with Crippen LogP contribution in [-0.4, -0.2) is 18.4 Å². The number of hydrogen-bond acceptors (Lipinski definition) is 3. The van der Waals surface area contributed by atoms with Crippen LogP contribution in [0.15, 0.2) is 72.8 Å². The van der Waals surface area contributed by atoms with Gasteiger partial charge in [-0.15, -0.1) is 0 Å². The van der Waals surface area contributed by atoms with Crippen LogP contribution in [0, 0.1) is 13.8 Å². The maximum Gasteiger partial charge on any atom is 0.276 e. The van der Waals surface area contributed by atoms with Gasteiger partial charge in [0.1, 0.15) is 5.75 Å². The van der Waals surface area contributed by atoms with Crippen molar-refractivity contribution in [3.05, 3.63) is 101 Å². The molecule has 0 unspecified atom stereocenters. The Morgan fingerprint density at radius 3 is 2.34 bits per heavy atom. The summed E-state index contributed by atoms with van der Waals surface area (Å²) in [5.74, 6) is -0.144. The third kappa shape index (κ3) is 5.45. The van der Waals surface area contributed by atoms with E-state index < -0.39 is 5.91 Å². The van der Waals surface area contributed by atoms with Crippen molar-refractivity contribution in [2.24, 2.45) is 0 Å². The molecule has 2 amide bonds. The Morgan fingerprint density at radius 2 is 1.55 bits per heavy atom. The van der Waals surface area contributed by atoms with Gasteiger partial charge in [0.2, 0.25) is 0 Å². The number of aryl methyl sites for hydroxylation is 1. The van der Waals surface area contributed by atoms with Gasteiger partial charge in [-0.25, -0.2) is 0 Å². The summed E-state index contributed by atoms with van der Waals surface area (Å²) in [6.45, 7) is 3.61. The second-order valence-electron chi connectivity index (χ2n) is 6.81. The van der Waals surface area contributed by atoms with E-state index >= 15 is 0 Å². The summed E-state index contributed by atoms with van der Waals surface area (Å²) in [5.41, 5.74) is 9.42. The average molecular weight is 388 g/mol. The molecule has 29 heavy (non-hydrogen) atoms. The quantitative estimate of drug-likeness (QED) is 0.632. The van der Waals surface area contributed by atoms with Crippen molar-refractivity contribution >= 4 is 11.8 Å². The van der Waals surface area contributed by atoms with Gasteiger partial charge >= 0.3 is 0 Å².